The average Bonchev–Trinajstić information content (AvgIpc) is 2.21. The molecule has 0 N–H and O–H groups in total. The molecule has 0 unspecified atom stereocenters. The zero-order valence-electron chi connectivity index (χ0n) is 8.79. The number of benzene rings is 1. The van der Waals surface area contributed by atoms with Crippen molar-refractivity contribution in [3.8, 4) is 11.8 Å². The third-order valence-corrected chi connectivity index (χ3v) is 2.36. The van der Waals surface area contributed by atoms with Gasteiger partial charge in [0.05, 0.1) is 0 Å². The van der Waals surface area contributed by atoms with Crippen LogP contribution in [-0.4, -0.2) is 0 Å². The molecule has 76 valence electrons. The predicted octanol–water partition coefficient (Wildman–Crippen LogP) is 3.00. The van der Waals surface area contributed by atoms with E-state index in [0.717, 1.165) is 11.1 Å². The molecule has 0 aromatic heterocycles. The van der Waals surface area contributed by atoms with E-state index < -0.39 is 0 Å². The van der Waals surface area contributed by atoms with Gasteiger partial charge >= 0.3 is 6.07 Å². The predicted molar refractivity (Wildman–Crippen MR) is 57.6 cm³/mol. The highest BCUT2D eigenvalue weighted by atomic mass is 16.6. The first-order chi connectivity index (χ1) is 7.11. The summed E-state index contributed by atoms with van der Waals surface area (Å²) in [6.45, 7) is 12.1. The van der Waals surface area contributed by atoms with Gasteiger partial charge in [0.15, 0.2) is 0 Å². The molecule has 0 saturated carbocycles. The molecule has 0 radical (unpaired) electrons. The molecular weight excluding hydrogens is 192 g/mol. The third kappa shape index (κ3) is 2.00. The molecule has 0 aliphatic rings. The minimum atomic E-state index is 0.444. The highest BCUT2D eigenvalue weighted by molar-refractivity contribution is 5.54. The van der Waals surface area contributed by atoms with Crippen molar-refractivity contribution < 1.29 is 4.84 Å². The number of nitrogens with zero attached hydrogens (tertiary/aromatic N) is 2. The van der Waals surface area contributed by atoms with E-state index in [-0.39, 0.29) is 0 Å². The summed E-state index contributed by atoms with van der Waals surface area (Å²) in [5.74, 6) is 0.444. The molecule has 1 rings (SSSR count). The number of rotatable bonds is 1. The van der Waals surface area contributed by atoms with E-state index in [1.165, 1.54) is 0 Å². The summed E-state index contributed by atoms with van der Waals surface area (Å²) in [6.07, 6.45) is 0. The Hall–Kier alpha value is -2.20. The molecule has 1 aromatic rings. The molecule has 15 heavy (non-hydrogen) atoms. The van der Waals surface area contributed by atoms with Crippen LogP contribution in [0.4, 0.5) is 0 Å². The highest BCUT2D eigenvalue weighted by Crippen LogP contribution is 2.27. The number of hydrogen-bond donors (Lipinski definition) is 0. The Balaban J connectivity index is 3.47. The molecule has 0 amide bonds. The summed E-state index contributed by atoms with van der Waals surface area (Å²) in [5.41, 5.74) is 3.16. The molecule has 0 spiro atoms. The summed E-state index contributed by atoms with van der Waals surface area (Å²) in [5, 5.41) is 15.7. The molecule has 1 aromatic carbocycles. The first-order valence-corrected chi connectivity index (χ1v) is 4.34. The Morgan fingerprint density at radius 2 is 2.00 bits per heavy atom. The first-order valence-electron chi connectivity index (χ1n) is 4.34. The topological polar surface area (TPSA) is 41.0 Å². The van der Waals surface area contributed by atoms with Gasteiger partial charge in [-0.2, -0.15) is 11.4 Å². The minimum absolute atomic E-state index is 0.444. The van der Waals surface area contributed by atoms with Crippen LogP contribution in [0.1, 0.15) is 22.3 Å². The van der Waals surface area contributed by atoms with Crippen molar-refractivity contribution >= 4 is 0 Å². The molecule has 4 heteroatoms. The molecule has 4 nitrogen and oxygen atoms in total. The monoisotopic (exact) mass is 202 g/mol. The van der Waals surface area contributed by atoms with Crippen LogP contribution >= 0.6 is 0 Å². The van der Waals surface area contributed by atoms with Gasteiger partial charge in [-0.15, -0.1) is 0 Å². The first kappa shape index (κ1) is 10.9. The standard InChI is InChI=1S/C11H10N2O2/c1-7-5-11(15-12-4)9(3)10(6-13-14)8(7)2/h5H,1-3H3. The lowest BCUT2D eigenvalue weighted by Gasteiger charge is -2.05. The van der Waals surface area contributed by atoms with Gasteiger partial charge in [0.1, 0.15) is 5.56 Å². The van der Waals surface area contributed by atoms with Gasteiger partial charge in [-0.3, -0.25) is 0 Å². The Kier molecular flexibility index (Phi) is 3.15. The van der Waals surface area contributed by atoms with Crippen LogP contribution in [0.2, 0.25) is 0 Å². The maximum Gasteiger partial charge on any atom is 0.337 e. The van der Waals surface area contributed by atoms with Crippen LogP contribution in [0.5, 0.6) is 5.75 Å². The maximum absolute atomic E-state index is 10.2. The second-order valence-electron chi connectivity index (χ2n) is 3.20. The van der Waals surface area contributed by atoms with Gasteiger partial charge in [0, 0.05) is 10.6 Å². The molecule has 0 aliphatic heterocycles. The maximum atomic E-state index is 10.2. The minimum Gasteiger partial charge on any atom is -0.498 e. The molecule has 0 atom stereocenters. The molecule has 0 aliphatic carbocycles. The van der Waals surface area contributed by atoms with Gasteiger partial charge in [-0.1, -0.05) is 0 Å². The lowest BCUT2D eigenvalue weighted by molar-refractivity contribution is 0.468. The summed E-state index contributed by atoms with van der Waals surface area (Å²) in [6, 6.07) is 4.13. The van der Waals surface area contributed by atoms with Gasteiger partial charge in [-0.05, 0) is 43.0 Å². The van der Waals surface area contributed by atoms with Crippen molar-refractivity contribution in [3.05, 3.63) is 50.1 Å². The van der Waals surface area contributed by atoms with E-state index in [2.05, 4.69) is 16.1 Å². The second kappa shape index (κ2) is 4.34. The fraction of sp³-hybridized carbons (Fsp3) is 0.273. The van der Waals surface area contributed by atoms with Gasteiger partial charge < -0.3 is 5.21 Å². The zero-order valence-corrected chi connectivity index (χ0v) is 8.79. The largest absolute Gasteiger partial charge is 0.498 e. The second-order valence-corrected chi connectivity index (χ2v) is 3.20. The third-order valence-electron chi connectivity index (χ3n) is 2.36. The number of aryl methyl sites for hydroxylation is 1. The Bertz CT molecular complexity index is 490. The van der Waals surface area contributed by atoms with Crippen molar-refractivity contribution in [1.29, 1.82) is 0 Å². The van der Waals surface area contributed by atoms with Gasteiger partial charge in [0.25, 0.3) is 0 Å². The smallest absolute Gasteiger partial charge is 0.337 e. The van der Waals surface area contributed by atoms with E-state index >= 15 is 0 Å². The van der Waals surface area contributed by atoms with Crippen LogP contribution in [0.15, 0.2) is 6.07 Å². The van der Waals surface area contributed by atoms with Crippen molar-refractivity contribution in [2.75, 3.05) is 0 Å². The number of hydrogen-bond acceptors (Lipinski definition) is 2. The van der Waals surface area contributed by atoms with Crippen molar-refractivity contribution in [1.82, 2.24) is 0 Å². The normalized spacial score (nSPS) is 8.67. The lowest BCUT2D eigenvalue weighted by Crippen LogP contribution is -1.95. The Labute approximate surface area is 88.3 Å². The van der Waals surface area contributed by atoms with Crippen molar-refractivity contribution in [2.45, 2.75) is 20.8 Å². The van der Waals surface area contributed by atoms with E-state index in [4.69, 9.17) is 11.4 Å². The summed E-state index contributed by atoms with van der Waals surface area (Å²) < 4.78 is 0. The lowest BCUT2D eigenvalue weighted by atomic mass is 9.98. The van der Waals surface area contributed by atoms with Gasteiger partial charge in [0.2, 0.25) is 5.75 Å². The van der Waals surface area contributed by atoms with Crippen LogP contribution in [0.3, 0.4) is 0 Å². The van der Waals surface area contributed by atoms with Crippen molar-refractivity contribution in [3.63, 3.8) is 0 Å². The quantitative estimate of drug-likeness (QED) is 0.518. The summed E-state index contributed by atoms with van der Waals surface area (Å²) in [7, 11) is 0. The van der Waals surface area contributed by atoms with Crippen LogP contribution < -0.4 is 4.84 Å². The van der Waals surface area contributed by atoms with Crippen LogP contribution in [0.25, 0.3) is 10.0 Å². The zero-order chi connectivity index (χ0) is 11.4. The summed E-state index contributed by atoms with van der Waals surface area (Å²) >= 11 is 0. The van der Waals surface area contributed by atoms with Gasteiger partial charge in [-0.25, -0.2) is 0 Å². The van der Waals surface area contributed by atoms with E-state index in [0.29, 0.717) is 16.9 Å². The molecule has 0 heterocycles. The summed E-state index contributed by atoms with van der Waals surface area (Å²) in [4.78, 5) is 4.77. The molecular formula is C11H10N2O2. The van der Waals surface area contributed by atoms with E-state index in [9.17, 15) is 5.21 Å². The fourth-order valence-electron chi connectivity index (χ4n) is 1.37. The Morgan fingerprint density at radius 3 is 2.53 bits per heavy atom. The average molecular weight is 202 g/mol. The molecule has 0 fully saturated rings. The van der Waals surface area contributed by atoms with Crippen LogP contribution in [-0.2, 0) is 0 Å². The van der Waals surface area contributed by atoms with Crippen molar-refractivity contribution in [2.24, 2.45) is 0 Å². The fourth-order valence-corrected chi connectivity index (χ4v) is 1.37. The Morgan fingerprint density at radius 1 is 1.33 bits per heavy atom. The molecule has 0 saturated heterocycles. The highest BCUT2D eigenvalue weighted by Gasteiger charge is 2.15. The van der Waals surface area contributed by atoms with E-state index in [1.54, 1.807) is 13.0 Å². The SMILES string of the molecule is [C-]#[N+]Oc1cc(C)c(C)c(C#[N+][O-])c1C. The molecule has 0 bridgehead atoms. The van der Waals surface area contributed by atoms with E-state index in [1.807, 2.05) is 13.8 Å². The van der Waals surface area contributed by atoms with Crippen LogP contribution in [0, 0.1) is 38.6 Å².